The number of pyridine rings is 1. The maximum absolute atomic E-state index is 14.4. The van der Waals surface area contributed by atoms with Crippen LogP contribution >= 0.6 is 0 Å². The Morgan fingerprint density at radius 2 is 1.91 bits per heavy atom. The number of hydrogen-bond donors (Lipinski definition) is 2. The molecular weight excluding hydrogens is 408 g/mol. The average molecular weight is 436 g/mol. The van der Waals surface area contributed by atoms with Crippen LogP contribution in [-0.4, -0.2) is 23.9 Å². The molecule has 3 aromatic rings. The van der Waals surface area contributed by atoms with Crippen molar-refractivity contribution in [3.63, 3.8) is 0 Å². The Hall–Kier alpha value is -3.12. The Balaban J connectivity index is 1.49. The van der Waals surface area contributed by atoms with Crippen molar-refractivity contribution in [3.8, 4) is 0 Å². The normalized spacial score (nSPS) is 16.2. The van der Waals surface area contributed by atoms with Crippen LogP contribution in [0.3, 0.4) is 0 Å². The van der Waals surface area contributed by atoms with Gasteiger partial charge in [0.25, 0.3) is 0 Å². The number of Topliss-reactive ketones (excluding diaryl/α,β-unsaturated/α-hetero) is 1. The second kappa shape index (κ2) is 10.0. The fourth-order valence-electron chi connectivity index (χ4n) is 4.38. The number of nitrogens with zero attached hydrogens (tertiary/aromatic N) is 1. The SMILES string of the molecule is CC(=O)Cc1cc(CCN[C@H](c2ccccc2)[C@H]2CNc3cccnc3C2)c(F)cc1F. The molecule has 0 fully saturated rings. The van der Waals surface area contributed by atoms with Crippen molar-refractivity contribution in [2.24, 2.45) is 5.92 Å². The van der Waals surface area contributed by atoms with Crippen molar-refractivity contribution >= 4 is 11.5 Å². The third kappa shape index (κ3) is 5.19. The molecule has 0 spiro atoms. The van der Waals surface area contributed by atoms with Gasteiger partial charge < -0.3 is 10.6 Å². The molecule has 1 aliphatic heterocycles. The molecule has 2 heterocycles. The first kappa shape index (κ1) is 22.1. The van der Waals surface area contributed by atoms with Gasteiger partial charge in [-0.15, -0.1) is 0 Å². The zero-order chi connectivity index (χ0) is 22.5. The van der Waals surface area contributed by atoms with Gasteiger partial charge in [-0.2, -0.15) is 0 Å². The van der Waals surface area contributed by atoms with Crippen molar-refractivity contribution in [2.45, 2.75) is 32.2 Å². The van der Waals surface area contributed by atoms with Crippen LogP contribution in [0.25, 0.3) is 0 Å². The van der Waals surface area contributed by atoms with Gasteiger partial charge in [0.15, 0.2) is 0 Å². The maximum Gasteiger partial charge on any atom is 0.134 e. The van der Waals surface area contributed by atoms with Crippen LogP contribution in [0, 0.1) is 17.6 Å². The zero-order valence-corrected chi connectivity index (χ0v) is 18.1. The van der Waals surface area contributed by atoms with E-state index < -0.39 is 11.6 Å². The quantitative estimate of drug-likeness (QED) is 0.541. The standard InChI is InChI=1S/C26H27F2N3O/c1-17(32)12-20-13-19(22(27)15-23(20)28)9-11-30-26(18-6-3-2-4-7-18)21-14-25-24(31-16-21)8-5-10-29-25/h2-8,10,13,15,21,26,30-31H,9,11-12,14,16H2,1H3/t21-,26-/m1/s1. The van der Waals surface area contributed by atoms with E-state index in [-0.39, 0.29) is 29.7 Å². The molecule has 2 aromatic carbocycles. The molecule has 0 amide bonds. The van der Waals surface area contributed by atoms with Crippen LogP contribution in [0.15, 0.2) is 60.8 Å². The lowest BCUT2D eigenvalue weighted by Crippen LogP contribution is -2.37. The molecule has 0 saturated heterocycles. The van der Waals surface area contributed by atoms with E-state index in [1.54, 1.807) is 0 Å². The molecule has 0 radical (unpaired) electrons. The number of nitrogens with one attached hydrogen (secondary N) is 2. The van der Waals surface area contributed by atoms with E-state index in [2.05, 4.69) is 27.8 Å². The number of halogens is 2. The summed E-state index contributed by atoms with van der Waals surface area (Å²) in [5.74, 6) is -1.13. The number of ketones is 1. The third-order valence-electron chi connectivity index (χ3n) is 5.94. The van der Waals surface area contributed by atoms with E-state index in [1.807, 2.05) is 36.5 Å². The van der Waals surface area contributed by atoms with Crippen LogP contribution in [0.2, 0.25) is 0 Å². The van der Waals surface area contributed by atoms with E-state index >= 15 is 0 Å². The largest absolute Gasteiger partial charge is 0.383 e. The maximum atomic E-state index is 14.4. The lowest BCUT2D eigenvalue weighted by Gasteiger charge is -2.33. The van der Waals surface area contributed by atoms with Gasteiger partial charge in [-0.05, 0) is 61.2 Å². The highest BCUT2D eigenvalue weighted by Crippen LogP contribution is 2.31. The highest BCUT2D eigenvalue weighted by atomic mass is 19.1. The van der Waals surface area contributed by atoms with E-state index in [4.69, 9.17) is 0 Å². The summed E-state index contributed by atoms with van der Waals surface area (Å²) in [5, 5.41) is 7.07. The van der Waals surface area contributed by atoms with Crippen LogP contribution in [0.1, 0.15) is 35.3 Å². The Kier molecular flexibility index (Phi) is 6.90. The molecule has 2 N–H and O–H groups in total. The molecule has 1 aliphatic rings. The molecule has 2 atom stereocenters. The Labute approximate surface area is 187 Å². The summed E-state index contributed by atoms with van der Waals surface area (Å²) < 4.78 is 28.4. The highest BCUT2D eigenvalue weighted by Gasteiger charge is 2.27. The van der Waals surface area contributed by atoms with E-state index in [0.29, 0.717) is 18.5 Å². The summed E-state index contributed by atoms with van der Waals surface area (Å²) in [6, 6.07) is 16.6. The number of carbonyl (C=O) groups excluding carboxylic acids is 1. The van der Waals surface area contributed by atoms with Gasteiger partial charge in [0.05, 0.1) is 11.4 Å². The lowest BCUT2D eigenvalue weighted by atomic mass is 9.86. The van der Waals surface area contributed by atoms with Crippen LogP contribution in [0.4, 0.5) is 14.5 Å². The minimum absolute atomic E-state index is 0.0284. The first-order valence-corrected chi connectivity index (χ1v) is 10.9. The smallest absolute Gasteiger partial charge is 0.134 e. The van der Waals surface area contributed by atoms with Crippen LogP contribution in [0.5, 0.6) is 0 Å². The van der Waals surface area contributed by atoms with Gasteiger partial charge in [-0.1, -0.05) is 30.3 Å². The number of fused-ring (bicyclic) bond motifs is 1. The van der Waals surface area contributed by atoms with Crippen LogP contribution in [-0.2, 0) is 24.1 Å². The molecule has 0 bridgehead atoms. The fourth-order valence-corrected chi connectivity index (χ4v) is 4.38. The monoisotopic (exact) mass is 435 g/mol. The van der Waals surface area contributed by atoms with Crippen molar-refractivity contribution in [3.05, 3.63) is 94.8 Å². The predicted octanol–water partition coefficient (Wildman–Crippen LogP) is 4.65. The molecule has 4 rings (SSSR count). The second-order valence-corrected chi connectivity index (χ2v) is 8.35. The Morgan fingerprint density at radius 3 is 2.69 bits per heavy atom. The molecule has 0 unspecified atom stereocenters. The first-order valence-electron chi connectivity index (χ1n) is 10.9. The van der Waals surface area contributed by atoms with E-state index in [1.165, 1.54) is 13.0 Å². The van der Waals surface area contributed by atoms with Gasteiger partial charge >= 0.3 is 0 Å². The first-order chi connectivity index (χ1) is 15.5. The van der Waals surface area contributed by atoms with Gasteiger partial charge in [-0.3, -0.25) is 9.78 Å². The van der Waals surface area contributed by atoms with E-state index in [0.717, 1.165) is 36.0 Å². The Bertz CT molecular complexity index is 1090. The summed E-state index contributed by atoms with van der Waals surface area (Å²) >= 11 is 0. The van der Waals surface area contributed by atoms with Gasteiger partial charge in [-0.25, -0.2) is 8.78 Å². The minimum atomic E-state index is -0.670. The molecular formula is C26H27F2N3O. The predicted molar refractivity (Wildman–Crippen MR) is 122 cm³/mol. The molecule has 6 heteroatoms. The van der Waals surface area contributed by atoms with Crippen molar-refractivity contribution in [1.82, 2.24) is 10.3 Å². The number of carbonyl (C=O) groups is 1. The average Bonchev–Trinajstić information content (AvgIpc) is 2.79. The lowest BCUT2D eigenvalue weighted by molar-refractivity contribution is -0.116. The summed E-state index contributed by atoms with van der Waals surface area (Å²) in [4.78, 5) is 15.9. The molecule has 32 heavy (non-hydrogen) atoms. The van der Waals surface area contributed by atoms with Gasteiger partial charge in [0, 0.05) is 37.2 Å². The third-order valence-corrected chi connectivity index (χ3v) is 5.94. The second-order valence-electron chi connectivity index (χ2n) is 8.35. The zero-order valence-electron chi connectivity index (χ0n) is 18.1. The van der Waals surface area contributed by atoms with Crippen molar-refractivity contribution < 1.29 is 13.6 Å². The highest BCUT2D eigenvalue weighted by molar-refractivity contribution is 5.78. The summed E-state index contributed by atoms with van der Waals surface area (Å²) in [5.41, 5.74) is 3.94. The number of hydrogen-bond acceptors (Lipinski definition) is 4. The topological polar surface area (TPSA) is 54.0 Å². The number of benzene rings is 2. The van der Waals surface area contributed by atoms with Crippen molar-refractivity contribution in [1.29, 1.82) is 0 Å². The summed E-state index contributed by atoms with van der Waals surface area (Å²) in [7, 11) is 0. The van der Waals surface area contributed by atoms with E-state index in [9.17, 15) is 13.6 Å². The van der Waals surface area contributed by atoms with Crippen molar-refractivity contribution in [2.75, 3.05) is 18.4 Å². The van der Waals surface area contributed by atoms with Gasteiger partial charge in [0.1, 0.15) is 17.4 Å². The fraction of sp³-hybridized carbons (Fsp3) is 0.308. The number of rotatable bonds is 8. The summed E-state index contributed by atoms with van der Waals surface area (Å²) in [6.07, 6.45) is 3.02. The number of anilines is 1. The number of aromatic nitrogens is 1. The molecule has 1 aromatic heterocycles. The molecule has 0 saturated carbocycles. The molecule has 0 aliphatic carbocycles. The van der Waals surface area contributed by atoms with Crippen LogP contribution < -0.4 is 10.6 Å². The molecule has 166 valence electrons. The Morgan fingerprint density at radius 1 is 1.12 bits per heavy atom. The molecule has 4 nitrogen and oxygen atoms in total. The minimum Gasteiger partial charge on any atom is -0.383 e. The van der Waals surface area contributed by atoms with Gasteiger partial charge in [0.2, 0.25) is 0 Å². The summed E-state index contributed by atoms with van der Waals surface area (Å²) in [6.45, 7) is 2.73.